The molecule has 1 aromatic rings. The highest BCUT2D eigenvalue weighted by molar-refractivity contribution is 8.00. The van der Waals surface area contributed by atoms with E-state index in [0.29, 0.717) is 17.5 Å². The number of rotatable bonds is 3. The largest absolute Gasteiger partial charge is 0.383 e. The standard InChI is InChI=1S/C10H16N4O2S/c1-14-8(11)7(9(15)13-10(14)16)12-5-6-3-2-4-17-6/h6,12H,2-5,11H2,1H3,(H,13,15,16). The van der Waals surface area contributed by atoms with Crippen molar-refractivity contribution < 1.29 is 0 Å². The highest BCUT2D eigenvalue weighted by atomic mass is 32.2. The minimum absolute atomic E-state index is 0.182. The van der Waals surface area contributed by atoms with Gasteiger partial charge in [-0.15, -0.1) is 0 Å². The molecule has 0 amide bonds. The average molecular weight is 256 g/mol. The second-order valence-electron chi connectivity index (χ2n) is 4.09. The van der Waals surface area contributed by atoms with Crippen LogP contribution in [0.5, 0.6) is 0 Å². The van der Waals surface area contributed by atoms with Crippen LogP contribution in [-0.4, -0.2) is 27.1 Å². The Labute approximate surface area is 103 Å². The van der Waals surface area contributed by atoms with Crippen LogP contribution in [0.2, 0.25) is 0 Å². The summed E-state index contributed by atoms with van der Waals surface area (Å²) in [6.45, 7) is 0.705. The van der Waals surface area contributed by atoms with Gasteiger partial charge in [-0.2, -0.15) is 11.8 Å². The van der Waals surface area contributed by atoms with Crippen LogP contribution >= 0.6 is 11.8 Å². The van der Waals surface area contributed by atoms with Crippen molar-refractivity contribution in [1.82, 2.24) is 9.55 Å². The summed E-state index contributed by atoms with van der Waals surface area (Å²) in [5.41, 5.74) is 5.09. The van der Waals surface area contributed by atoms with Crippen LogP contribution in [0.15, 0.2) is 9.59 Å². The molecule has 1 saturated heterocycles. The zero-order chi connectivity index (χ0) is 12.4. The Balaban J connectivity index is 2.17. The molecule has 4 N–H and O–H groups in total. The molecule has 1 aliphatic rings. The van der Waals surface area contributed by atoms with Crippen LogP contribution in [0, 0.1) is 0 Å². The molecule has 1 fully saturated rings. The molecule has 0 aliphatic carbocycles. The molecule has 94 valence electrons. The van der Waals surface area contributed by atoms with Crippen molar-refractivity contribution in [1.29, 1.82) is 0 Å². The summed E-state index contributed by atoms with van der Waals surface area (Å²) < 4.78 is 1.23. The summed E-state index contributed by atoms with van der Waals surface area (Å²) in [7, 11) is 1.53. The van der Waals surface area contributed by atoms with Gasteiger partial charge in [-0.3, -0.25) is 14.3 Å². The highest BCUT2D eigenvalue weighted by Gasteiger charge is 2.17. The van der Waals surface area contributed by atoms with Crippen molar-refractivity contribution in [3.05, 3.63) is 20.8 Å². The van der Waals surface area contributed by atoms with E-state index < -0.39 is 11.2 Å². The Hall–Kier alpha value is -1.37. The fraction of sp³-hybridized carbons (Fsp3) is 0.600. The van der Waals surface area contributed by atoms with Gasteiger partial charge in [0.05, 0.1) is 0 Å². The van der Waals surface area contributed by atoms with Gasteiger partial charge in [0, 0.05) is 18.8 Å². The molecule has 0 saturated carbocycles. The molecule has 0 bridgehead atoms. The number of nitrogens with one attached hydrogen (secondary N) is 2. The second kappa shape index (κ2) is 4.87. The van der Waals surface area contributed by atoms with E-state index in [1.807, 2.05) is 11.8 Å². The monoisotopic (exact) mass is 256 g/mol. The molecule has 1 atom stereocenters. The summed E-state index contributed by atoms with van der Waals surface area (Å²) in [4.78, 5) is 25.1. The first-order valence-electron chi connectivity index (χ1n) is 5.54. The summed E-state index contributed by atoms with van der Waals surface area (Å²) in [5.74, 6) is 1.35. The van der Waals surface area contributed by atoms with E-state index in [4.69, 9.17) is 5.73 Å². The van der Waals surface area contributed by atoms with E-state index in [9.17, 15) is 9.59 Å². The minimum atomic E-state index is -0.492. The van der Waals surface area contributed by atoms with E-state index in [2.05, 4.69) is 10.3 Å². The smallest absolute Gasteiger partial charge is 0.329 e. The predicted octanol–water partition coefficient (Wildman–Crippen LogP) is -0.0367. The first-order valence-corrected chi connectivity index (χ1v) is 6.58. The molecule has 1 aliphatic heterocycles. The molecule has 1 unspecified atom stereocenters. The molecular weight excluding hydrogens is 240 g/mol. The van der Waals surface area contributed by atoms with E-state index in [1.54, 1.807) is 0 Å². The van der Waals surface area contributed by atoms with Gasteiger partial charge < -0.3 is 11.1 Å². The van der Waals surface area contributed by atoms with Crippen molar-refractivity contribution >= 4 is 23.3 Å². The number of hydrogen-bond donors (Lipinski definition) is 3. The number of H-pyrrole nitrogens is 1. The van der Waals surface area contributed by atoms with Gasteiger partial charge in [-0.1, -0.05) is 0 Å². The third kappa shape index (κ3) is 2.49. The van der Waals surface area contributed by atoms with Crippen LogP contribution in [0.1, 0.15) is 12.8 Å². The zero-order valence-corrected chi connectivity index (χ0v) is 10.5. The average Bonchev–Trinajstić information content (AvgIpc) is 2.79. The molecule has 6 nitrogen and oxygen atoms in total. The predicted molar refractivity (Wildman–Crippen MR) is 70.7 cm³/mol. The third-order valence-corrected chi connectivity index (χ3v) is 4.30. The van der Waals surface area contributed by atoms with Crippen LogP contribution in [-0.2, 0) is 7.05 Å². The molecular formula is C10H16N4O2S. The number of aromatic amines is 1. The van der Waals surface area contributed by atoms with Crippen LogP contribution in [0.4, 0.5) is 11.5 Å². The van der Waals surface area contributed by atoms with Crippen LogP contribution < -0.4 is 22.3 Å². The van der Waals surface area contributed by atoms with Gasteiger partial charge in [-0.25, -0.2) is 4.79 Å². The van der Waals surface area contributed by atoms with Crippen LogP contribution in [0.25, 0.3) is 0 Å². The van der Waals surface area contributed by atoms with Crippen molar-refractivity contribution in [2.45, 2.75) is 18.1 Å². The maximum atomic E-state index is 11.6. The normalized spacial score (nSPS) is 19.5. The number of aromatic nitrogens is 2. The minimum Gasteiger partial charge on any atom is -0.383 e. The molecule has 0 aromatic carbocycles. The Morgan fingerprint density at radius 2 is 2.35 bits per heavy atom. The Kier molecular flexibility index (Phi) is 3.46. The first kappa shape index (κ1) is 12.1. The topological polar surface area (TPSA) is 92.9 Å². The lowest BCUT2D eigenvalue weighted by Crippen LogP contribution is -2.33. The van der Waals surface area contributed by atoms with Crippen LogP contribution in [0.3, 0.4) is 0 Å². The number of anilines is 2. The Morgan fingerprint density at radius 1 is 1.59 bits per heavy atom. The van der Waals surface area contributed by atoms with Crippen molar-refractivity contribution in [3.63, 3.8) is 0 Å². The van der Waals surface area contributed by atoms with Crippen molar-refractivity contribution in [2.75, 3.05) is 23.3 Å². The summed E-state index contributed by atoms with van der Waals surface area (Å²) in [6, 6.07) is 0. The summed E-state index contributed by atoms with van der Waals surface area (Å²) >= 11 is 1.90. The molecule has 2 heterocycles. The number of hydrogen-bond acceptors (Lipinski definition) is 5. The van der Waals surface area contributed by atoms with E-state index >= 15 is 0 Å². The molecule has 7 heteroatoms. The van der Waals surface area contributed by atoms with Gasteiger partial charge >= 0.3 is 5.69 Å². The second-order valence-corrected chi connectivity index (χ2v) is 5.50. The van der Waals surface area contributed by atoms with E-state index in [-0.39, 0.29) is 5.82 Å². The summed E-state index contributed by atoms with van der Waals surface area (Å²) in [5, 5.41) is 3.56. The molecule has 2 rings (SSSR count). The van der Waals surface area contributed by atoms with Gasteiger partial charge in [0.2, 0.25) is 0 Å². The van der Waals surface area contributed by atoms with E-state index in [1.165, 1.54) is 23.8 Å². The first-order chi connectivity index (χ1) is 8.09. The molecule has 17 heavy (non-hydrogen) atoms. The quantitative estimate of drug-likeness (QED) is 0.706. The number of nitrogen functional groups attached to an aromatic ring is 1. The Morgan fingerprint density at radius 3 is 3.00 bits per heavy atom. The SMILES string of the molecule is Cn1c(N)c(NCC2CCCS2)c(=O)[nH]c1=O. The Bertz CT molecular complexity index is 516. The highest BCUT2D eigenvalue weighted by Crippen LogP contribution is 2.26. The maximum absolute atomic E-state index is 11.6. The van der Waals surface area contributed by atoms with Gasteiger partial charge in [0.25, 0.3) is 5.56 Å². The van der Waals surface area contributed by atoms with Gasteiger partial charge in [0.15, 0.2) is 0 Å². The fourth-order valence-electron chi connectivity index (χ4n) is 1.83. The number of nitrogens with two attached hydrogens (primary N) is 1. The molecule has 1 aromatic heterocycles. The molecule has 0 spiro atoms. The number of nitrogens with zero attached hydrogens (tertiary/aromatic N) is 1. The lowest BCUT2D eigenvalue weighted by molar-refractivity contribution is 0.791. The van der Waals surface area contributed by atoms with Gasteiger partial charge in [0.1, 0.15) is 11.5 Å². The molecule has 0 radical (unpaired) electrons. The van der Waals surface area contributed by atoms with Crippen molar-refractivity contribution in [2.24, 2.45) is 7.05 Å². The fourth-order valence-corrected chi connectivity index (χ4v) is 3.03. The third-order valence-electron chi connectivity index (χ3n) is 2.90. The number of thioether (sulfide) groups is 1. The zero-order valence-electron chi connectivity index (χ0n) is 9.66. The van der Waals surface area contributed by atoms with Gasteiger partial charge in [-0.05, 0) is 18.6 Å². The maximum Gasteiger partial charge on any atom is 0.329 e. The summed E-state index contributed by atoms with van der Waals surface area (Å²) in [6.07, 6.45) is 2.37. The lowest BCUT2D eigenvalue weighted by Gasteiger charge is -2.13. The van der Waals surface area contributed by atoms with Crippen molar-refractivity contribution in [3.8, 4) is 0 Å². The lowest BCUT2D eigenvalue weighted by atomic mass is 10.2. The van der Waals surface area contributed by atoms with E-state index in [0.717, 1.165) is 6.42 Å².